The lowest BCUT2D eigenvalue weighted by molar-refractivity contribution is -0.147. The zero-order chi connectivity index (χ0) is 39.8. The van der Waals surface area contributed by atoms with Crippen LogP contribution < -0.4 is 10.6 Å². The second-order valence-electron chi connectivity index (χ2n) is 18.2. The van der Waals surface area contributed by atoms with Gasteiger partial charge in [0.05, 0.1) is 13.0 Å². The fourth-order valence-corrected chi connectivity index (χ4v) is 8.89. The standard InChI is InChI=1S/C44H66N2O7Si/c1-29-25-34(40(48)46-36-20-22-37(23-21-36)53-54(9,10)44(5,6)7)19-24-38(29)32-15-11-30(12-16-32)26-35(41(49)51-8)27-39(47)33-17-13-31(14-18-33)28-45-42(50)52-43(2,3)4/h11-12,15-16,19,24-25,31,33,35-37H,13-14,17-18,20-23,26-28H2,1-10H3,(H,45,50)(H,46,48)/t31?,33?,35-,36?,37?/m1/s1. The highest BCUT2D eigenvalue weighted by Gasteiger charge is 2.40. The molecule has 0 heterocycles. The first kappa shape index (κ1) is 43.2. The number of hydrogen-bond donors (Lipinski definition) is 2. The Bertz CT molecular complexity index is 1590. The molecule has 2 N–H and O–H groups in total. The third kappa shape index (κ3) is 12.5. The third-order valence-electron chi connectivity index (χ3n) is 11.7. The monoisotopic (exact) mass is 762 g/mol. The molecule has 2 aliphatic rings. The smallest absolute Gasteiger partial charge is 0.407 e. The predicted molar refractivity (Wildman–Crippen MR) is 217 cm³/mol. The number of alkyl carbamates (subject to hydrolysis) is 1. The maximum absolute atomic E-state index is 13.4. The summed E-state index contributed by atoms with van der Waals surface area (Å²) >= 11 is 0. The summed E-state index contributed by atoms with van der Waals surface area (Å²) in [6, 6.07) is 14.1. The zero-order valence-corrected chi connectivity index (χ0v) is 35.6. The molecule has 2 aromatic carbocycles. The van der Waals surface area contributed by atoms with Gasteiger partial charge in [-0.1, -0.05) is 51.1 Å². The minimum Gasteiger partial charge on any atom is -0.469 e. The number of carbonyl (C=O) groups is 4. The van der Waals surface area contributed by atoms with Crippen LogP contribution in [-0.2, 0) is 29.9 Å². The molecule has 0 aromatic heterocycles. The van der Waals surface area contributed by atoms with E-state index >= 15 is 0 Å². The molecule has 54 heavy (non-hydrogen) atoms. The summed E-state index contributed by atoms with van der Waals surface area (Å²) in [4.78, 5) is 51.5. The van der Waals surface area contributed by atoms with Gasteiger partial charge in [0.15, 0.2) is 8.32 Å². The number of benzene rings is 2. The average Bonchev–Trinajstić information content (AvgIpc) is 3.10. The molecule has 2 amide bonds. The van der Waals surface area contributed by atoms with Crippen LogP contribution in [-0.4, -0.2) is 63.5 Å². The van der Waals surface area contributed by atoms with E-state index < -0.39 is 25.9 Å². The van der Waals surface area contributed by atoms with Crippen molar-refractivity contribution in [1.29, 1.82) is 0 Å². The number of methoxy groups -OCH3 is 1. The highest BCUT2D eigenvalue weighted by molar-refractivity contribution is 6.74. The second-order valence-corrected chi connectivity index (χ2v) is 23.0. The Kier molecular flexibility index (Phi) is 14.7. The van der Waals surface area contributed by atoms with Gasteiger partial charge < -0.3 is 24.5 Å². The van der Waals surface area contributed by atoms with Gasteiger partial charge in [-0.3, -0.25) is 14.4 Å². The number of esters is 1. The van der Waals surface area contributed by atoms with Crippen LogP contribution in [0.4, 0.5) is 4.79 Å². The van der Waals surface area contributed by atoms with Crippen molar-refractivity contribution < 1.29 is 33.1 Å². The normalized spacial score (nSPS) is 21.4. The van der Waals surface area contributed by atoms with Gasteiger partial charge in [0.25, 0.3) is 5.91 Å². The van der Waals surface area contributed by atoms with E-state index in [4.69, 9.17) is 13.9 Å². The molecule has 2 fully saturated rings. The van der Waals surface area contributed by atoms with E-state index in [0.717, 1.165) is 73.6 Å². The lowest BCUT2D eigenvalue weighted by atomic mass is 9.77. The largest absolute Gasteiger partial charge is 0.469 e. The molecule has 0 aliphatic heterocycles. The van der Waals surface area contributed by atoms with Gasteiger partial charge in [0, 0.05) is 36.6 Å². The van der Waals surface area contributed by atoms with Crippen LogP contribution >= 0.6 is 0 Å². The zero-order valence-electron chi connectivity index (χ0n) is 34.6. The molecule has 0 bridgehead atoms. The van der Waals surface area contributed by atoms with Crippen LogP contribution in [0.5, 0.6) is 0 Å². The fraction of sp³-hybridized carbons (Fsp3) is 0.636. The van der Waals surface area contributed by atoms with Crippen LogP contribution in [0.3, 0.4) is 0 Å². The molecule has 2 aromatic rings. The number of aryl methyl sites for hydroxylation is 1. The van der Waals surface area contributed by atoms with Crippen molar-refractivity contribution in [2.45, 2.75) is 149 Å². The molecular formula is C44H66N2O7Si. The lowest BCUT2D eigenvalue weighted by Crippen LogP contribution is -2.46. The predicted octanol–water partition coefficient (Wildman–Crippen LogP) is 9.35. The van der Waals surface area contributed by atoms with Crippen LogP contribution in [0.15, 0.2) is 42.5 Å². The molecule has 0 radical (unpaired) electrons. The first-order chi connectivity index (χ1) is 25.2. The molecule has 2 aliphatic carbocycles. The number of amides is 2. The molecular weight excluding hydrogens is 697 g/mol. The van der Waals surface area contributed by atoms with Crippen LogP contribution in [0.2, 0.25) is 18.1 Å². The van der Waals surface area contributed by atoms with E-state index in [9.17, 15) is 19.2 Å². The van der Waals surface area contributed by atoms with Gasteiger partial charge >= 0.3 is 12.1 Å². The lowest BCUT2D eigenvalue weighted by Gasteiger charge is -2.41. The van der Waals surface area contributed by atoms with Gasteiger partial charge in [0.1, 0.15) is 11.4 Å². The maximum atomic E-state index is 13.4. The van der Waals surface area contributed by atoms with Gasteiger partial charge in [-0.2, -0.15) is 0 Å². The molecule has 298 valence electrons. The Morgan fingerprint density at radius 1 is 0.852 bits per heavy atom. The number of nitrogens with one attached hydrogen (secondary N) is 2. The Morgan fingerprint density at radius 3 is 2.04 bits per heavy atom. The fourth-order valence-electron chi connectivity index (χ4n) is 7.47. The van der Waals surface area contributed by atoms with Crippen LogP contribution in [0.25, 0.3) is 11.1 Å². The first-order valence-electron chi connectivity index (χ1n) is 20.0. The van der Waals surface area contributed by atoms with E-state index in [1.165, 1.54) is 7.11 Å². The molecule has 2 saturated carbocycles. The van der Waals surface area contributed by atoms with Crippen LogP contribution in [0.1, 0.15) is 121 Å². The average molecular weight is 763 g/mol. The number of rotatable bonds is 13. The number of ketones is 1. The van der Waals surface area contributed by atoms with E-state index in [-0.39, 0.29) is 47.2 Å². The highest BCUT2D eigenvalue weighted by Crippen LogP contribution is 2.39. The maximum Gasteiger partial charge on any atom is 0.407 e. The summed E-state index contributed by atoms with van der Waals surface area (Å²) in [5.41, 5.74) is 4.14. The Labute approximate surface area is 325 Å². The minimum absolute atomic E-state index is 0.0413. The van der Waals surface area contributed by atoms with E-state index in [1.807, 2.05) is 70.2 Å². The van der Waals surface area contributed by atoms with E-state index in [1.54, 1.807) is 0 Å². The van der Waals surface area contributed by atoms with Crippen molar-refractivity contribution in [3.63, 3.8) is 0 Å². The van der Waals surface area contributed by atoms with Gasteiger partial charge in [-0.25, -0.2) is 4.79 Å². The van der Waals surface area contributed by atoms with Gasteiger partial charge in [-0.15, -0.1) is 0 Å². The van der Waals surface area contributed by atoms with E-state index in [0.29, 0.717) is 24.4 Å². The topological polar surface area (TPSA) is 120 Å². The summed E-state index contributed by atoms with van der Waals surface area (Å²) in [5.74, 6) is -0.660. The Hall–Kier alpha value is -3.50. The molecule has 10 heteroatoms. The Balaban J connectivity index is 1.27. The highest BCUT2D eigenvalue weighted by atomic mass is 28.4. The van der Waals surface area contributed by atoms with Gasteiger partial charge in [-0.05, 0) is 144 Å². The summed E-state index contributed by atoms with van der Waals surface area (Å²) < 4.78 is 17.1. The summed E-state index contributed by atoms with van der Waals surface area (Å²) in [6.45, 7) is 19.5. The number of ether oxygens (including phenoxy) is 2. The third-order valence-corrected chi connectivity index (χ3v) is 16.3. The molecule has 0 saturated heterocycles. The van der Waals surface area contributed by atoms with Crippen molar-refractivity contribution in [1.82, 2.24) is 10.6 Å². The molecule has 0 unspecified atom stereocenters. The summed E-state index contributed by atoms with van der Waals surface area (Å²) in [5, 5.41) is 6.31. The van der Waals surface area contributed by atoms with Gasteiger partial charge in [0.2, 0.25) is 0 Å². The second kappa shape index (κ2) is 18.4. The van der Waals surface area contributed by atoms with Crippen molar-refractivity contribution in [2.24, 2.45) is 17.8 Å². The summed E-state index contributed by atoms with van der Waals surface area (Å²) in [7, 11) is -0.438. The van der Waals surface area contributed by atoms with Crippen molar-refractivity contribution >= 4 is 32.1 Å². The summed E-state index contributed by atoms with van der Waals surface area (Å²) in [6.07, 6.45) is 7.40. The van der Waals surface area contributed by atoms with Crippen molar-refractivity contribution in [3.8, 4) is 11.1 Å². The SMILES string of the molecule is COC(=O)[C@@H](CC(=O)C1CCC(CNC(=O)OC(C)(C)C)CC1)Cc1ccc(-c2ccc(C(=O)NC3CCC(O[Si](C)(C)C(C)(C)C)CC3)cc2C)cc1. The van der Waals surface area contributed by atoms with E-state index in [2.05, 4.69) is 44.5 Å². The van der Waals surface area contributed by atoms with Crippen LogP contribution in [0, 0.1) is 24.7 Å². The number of Topliss-reactive ketones (excluding diaryl/α,β-unsaturated/α-hetero) is 1. The first-order valence-corrected chi connectivity index (χ1v) is 22.9. The quantitative estimate of drug-likeness (QED) is 0.154. The minimum atomic E-state index is -1.81. The molecule has 1 atom stereocenters. The van der Waals surface area contributed by atoms with Crippen molar-refractivity contribution in [3.05, 3.63) is 59.2 Å². The molecule has 0 spiro atoms. The van der Waals surface area contributed by atoms with Crippen molar-refractivity contribution in [2.75, 3.05) is 13.7 Å². The number of hydrogen-bond acceptors (Lipinski definition) is 7. The molecule has 4 rings (SSSR count). The number of carbonyl (C=O) groups excluding carboxylic acids is 4. The molecule has 9 nitrogen and oxygen atoms in total. The Morgan fingerprint density at radius 2 is 1.48 bits per heavy atom.